The van der Waals surface area contributed by atoms with Gasteiger partial charge in [0, 0.05) is 19.1 Å². The fourth-order valence-corrected chi connectivity index (χ4v) is 11.6. The molecule has 3 aromatic rings. The number of carbonyl (C=O) groups excluding carboxylic acids is 2. The van der Waals surface area contributed by atoms with Crippen LogP contribution in [0.25, 0.3) is 5.57 Å². The first-order valence-corrected chi connectivity index (χ1v) is 16.9. The number of allylic oxidation sites excluding steroid dienone is 2. The van der Waals surface area contributed by atoms with Crippen LogP contribution in [-0.4, -0.2) is 46.2 Å². The van der Waals surface area contributed by atoms with Crippen molar-refractivity contribution < 1.29 is 27.9 Å². The molecule has 8 heteroatoms. The molecule has 0 spiro atoms. The van der Waals surface area contributed by atoms with Gasteiger partial charge in [0.2, 0.25) is 0 Å². The zero-order chi connectivity index (χ0) is 30.4. The van der Waals surface area contributed by atoms with Crippen LogP contribution in [-0.2, 0) is 18.7 Å². The van der Waals surface area contributed by atoms with E-state index in [2.05, 4.69) is 87.5 Å². The minimum absolute atomic E-state index is 0.00365. The molecule has 1 saturated heterocycles. The second-order valence-corrected chi connectivity index (χ2v) is 17.1. The first kappa shape index (κ1) is 29.3. The molecular formula is C35H38FNO5Si. The van der Waals surface area contributed by atoms with E-state index in [1.807, 2.05) is 0 Å². The first-order chi connectivity index (χ1) is 20.6. The summed E-state index contributed by atoms with van der Waals surface area (Å²) in [6, 6.07) is 25.7. The van der Waals surface area contributed by atoms with E-state index in [9.17, 15) is 9.59 Å². The third-order valence-corrected chi connectivity index (χ3v) is 14.2. The van der Waals surface area contributed by atoms with Crippen LogP contribution < -0.4 is 15.3 Å². The van der Waals surface area contributed by atoms with Gasteiger partial charge < -0.3 is 13.9 Å². The lowest BCUT2D eigenvalue weighted by molar-refractivity contribution is -0.141. The second-order valence-electron chi connectivity index (χ2n) is 12.8. The number of benzene rings is 3. The average Bonchev–Trinajstić information content (AvgIpc) is 3.27. The average molecular weight is 600 g/mol. The summed E-state index contributed by atoms with van der Waals surface area (Å²) in [6.07, 6.45) is 2.45. The van der Waals surface area contributed by atoms with Crippen LogP contribution in [0.4, 0.5) is 14.9 Å². The number of halogens is 1. The van der Waals surface area contributed by atoms with Crippen molar-refractivity contribution in [2.75, 3.05) is 24.7 Å². The van der Waals surface area contributed by atoms with Gasteiger partial charge in [0.1, 0.15) is 25.1 Å². The lowest BCUT2D eigenvalue weighted by Gasteiger charge is -2.43. The summed E-state index contributed by atoms with van der Waals surface area (Å²) in [7, 11) is -2.60. The van der Waals surface area contributed by atoms with Crippen molar-refractivity contribution in [2.45, 2.75) is 45.2 Å². The van der Waals surface area contributed by atoms with Crippen molar-refractivity contribution in [1.29, 1.82) is 0 Å². The number of hydrogen-bond acceptors (Lipinski definition) is 5. The number of carbonyl (C=O) groups is 2. The van der Waals surface area contributed by atoms with Crippen LogP contribution in [0.5, 0.6) is 0 Å². The number of cyclic esters (lactones) is 1. The Labute approximate surface area is 253 Å². The molecule has 3 aliphatic rings. The molecule has 4 atom stereocenters. The lowest BCUT2D eigenvalue weighted by atomic mass is 10.00. The topological polar surface area (TPSA) is 65.1 Å². The SMILES string of the molecule is CC(=O)OC[C@H]1COC(=O)N1c1ccc(C2=C[C@H]3[C@H](CO[Si](c4ccccc4)(c4ccccc4)C(C)(C)C)[C@H]3C2)c(F)c1. The van der Waals surface area contributed by atoms with E-state index < -0.39 is 26.4 Å². The highest BCUT2D eigenvalue weighted by atomic mass is 28.4. The van der Waals surface area contributed by atoms with Gasteiger partial charge in [0.05, 0.1) is 5.69 Å². The molecule has 0 aromatic heterocycles. The lowest BCUT2D eigenvalue weighted by Crippen LogP contribution is -2.66. The molecule has 1 saturated carbocycles. The number of nitrogens with zero attached hydrogens (tertiary/aromatic N) is 1. The summed E-state index contributed by atoms with van der Waals surface area (Å²) in [4.78, 5) is 25.0. The first-order valence-electron chi connectivity index (χ1n) is 14.9. The molecule has 1 aliphatic heterocycles. The molecule has 6 nitrogen and oxygen atoms in total. The van der Waals surface area contributed by atoms with Gasteiger partial charge in [0.25, 0.3) is 8.32 Å². The Morgan fingerprint density at radius 3 is 2.19 bits per heavy atom. The number of amides is 1. The summed E-state index contributed by atoms with van der Waals surface area (Å²) < 4.78 is 32.8. The van der Waals surface area contributed by atoms with Crippen molar-refractivity contribution in [3.8, 4) is 0 Å². The quantitative estimate of drug-likeness (QED) is 0.225. The molecule has 2 fully saturated rings. The van der Waals surface area contributed by atoms with E-state index in [0.717, 1.165) is 12.0 Å². The van der Waals surface area contributed by atoms with E-state index in [0.29, 0.717) is 35.6 Å². The zero-order valence-electron chi connectivity index (χ0n) is 25.1. The summed E-state index contributed by atoms with van der Waals surface area (Å²) >= 11 is 0. The molecule has 6 rings (SSSR count). The van der Waals surface area contributed by atoms with Gasteiger partial charge in [-0.25, -0.2) is 9.18 Å². The van der Waals surface area contributed by atoms with Gasteiger partial charge >= 0.3 is 12.1 Å². The van der Waals surface area contributed by atoms with Gasteiger partial charge in [-0.2, -0.15) is 0 Å². The third-order valence-electron chi connectivity index (χ3n) is 9.17. The van der Waals surface area contributed by atoms with E-state index in [1.54, 1.807) is 12.1 Å². The number of ether oxygens (including phenoxy) is 2. The molecule has 43 heavy (non-hydrogen) atoms. The van der Waals surface area contributed by atoms with Crippen LogP contribution in [0, 0.1) is 23.6 Å². The monoisotopic (exact) mass is 599 g/mol. The van der Waals surface area contributed by atoms with E-state index in [4.69, 9.17) is 13.9 Å². The van der Waals surface area contributed by atoms with Crippen molar-refractivity contribution in [3.63, 3.8) is 0 Å². The van der Waals surface area contributed by atoms with Crippen LogP contribution in [0.15, 0.2) is 84.9 Å². The summed E-state index contributed by atoms with van der Waals surface area (Å²) in [5, 5.41) is 2.47. The molecule has 224 valence electrons. The van der Waals surface area contributed by atoms with Crippen LogP contribution >= 0.6 is 0 Å². The minimum Gasteiger partial charge on any atom is -0.464 e. The molecule has 0 unspecified atom stereocenters. The zero-order valence-corrected chi connectivity index (χ0v) is 26.1. The standard InChI is InChI=1S/C35H38FNO5Si/c1-23(38)40-20-26-21-41-34(39)37(26)25-15-16-29(33(36)19-25)24-17-30-31(18-24)32(30)22-42-43(35(2,3)4,27-11-7-5-8-12-27)28-13-9-6-10-14-28/h5-17,19,26,30-32H,18,20-22H2,1-4H3/t26-,30+,31-,32-/m0/s1. The molecular weight excluding hydrogens is 561 g/mol. The highest BCUT2D eigenvalue weighted by Gasteiger charge is 2.56. The molecule has 3 aromatic carbocycles. The van der Waals surface area contributed by atoms with Crippen molar-refractivity contribution in [3.05, 3.63) is 96.3 Å². The number of anilines is 1. The highest BCUT2D eigenvalue weighted by molar-refractivity contribution is 6.99. The summed E-state index contributed by atoms with van der Waals surface area (Å²) in [5.74, 6) is 0.399. The largest absolute Gasteiger partial charge is 0.464 e. The van der Waals surface area contributed by atoms with Crippen molar-refractivity contribution in [2.24, 2.45) is 17.8 Å². The Morgan fingerprint density at radius 1 is 1.00 bits per heavy atom. The number of fused-ring (bicyclic) bond motifs is 1. The Morgan fingerprint density at radius 2 is 1.65 bits per heavy atom. The summed E-state index contributed by atoms with van der Waals surface area (Å²) in [6.45, 7) is 8.93. The Balaban J connectivity index is 1.18. The van der Waals surface area contributed by atoms with Crippen LogP contribution in [0.1, 0.15) is 39.7 Å². The van der Waals surface area contributed by atoms with Gasteiger partial charge in [-0.1, -0.05) is 87.5 Å². The van der Waals surface area contributed by atoms with Gasteiger partial charge in [0.15, 0.2) is 0 Å². The van der Waals surface area contributed by atoms with Crippen LogP contribution in [0.3, 0.4) is 0 Å². The fraction of sp³-hybridized carbons (Fsp3) is 0.371. The molecule has 1 heterocycles. The predicted molar refractivity (Wildman–Crippen MR) is 167 cm³/mol. The Bertz CT molecular complexity index is 1500. The van der Waals surface area contributed by atoms with Crippen molar-refractivity contribution >= 4 is 42.0 Å². The van der Waals surface area contributed by atoms with Crippen molar-refractivity contribution in [1.82, 2.24) is 0 Å². The predicted octanol–water partition coefficient (Wildman–Crippen LogP) is 5.94. The molecule has 2 aliphatic carbocycles. The van der Waals surface area contributed by atoms with E-state index >= 15 is 4.39 Å². The van der Waals surface area contributed by atoms with Gasteiger partial charge in [-0.15, -0.1) is 0 Å². The number of esters is 1. The normalized spacial score (nSPS) is 23.0. The molecule has 0 N–H and O–H groups in total. The Kier molecular flexibility index (Phi) is 7.77. The van der Waals surface area contributed by atoms with E-state index in [1.165, 1.54) is 28.3 Å². The molecule has 0 radical (unpaired) electrons. The van der Waals surface area contributed by atoms with Gasteiger partial charge in [-0.3, -0.25) is 9.69 Å². The Hall–Kier alpha value is -3.75. The number of rotatable bonds is 9. The summed E-state index contributed by atoms with van der Waals surface area (Å²) in [5.41, 5.74) is 1.95. The van der Waals surface area contributed by atoms with Gasteiger partial charge in [-0.05, 0) is 63.4 Å². The fourth-order valence-electron chi connectivity index (χ4n) is 7.01. The maximum atomic E-state index is 15.4. The maximum Gasteiger partial charge on any atom is 0.414 e. The van der Waals surface area contributed by atoms with E-state index in [-0.39, 0.29) is 24.1 Å². The highest BCUT2D eigenvalue weighted by Crippen LogP contribution is 2.58. The smallest absolute Gasteiger partial charge is 0.414 e. The van der Waals surface area contributed by atoms with Crippen LogP contribution in [0.2, 0.25) is 5.04 Å². The molecule has 0 bridgehead atoms. The minimum atomic E-state index is -2.60. The third kappa shape index (κ3) is 5.42. The number of hydrogen-bond donors (Lipinski definition) is 0. The second kappa shape index (κ2) is 11.4. The molecule has 1 amide bonds. The maximum absolute atomic E-state index is 15.4.